The van der Waals surface area contributed by atoms with E-state index in [-0.39, 0.29) is 32.3 Å². The predicted octanol–water partition coefficient (Wildman–Crippen LogP) is -2.92. The SMILES string of the molecule is N[C@H](CF)CNS(=O)(=O)N1C[C@H](CCCB(O)O)[C@](N)(C(=O)O)C1. The molecular formula is C11H24BFN4O6S. The normalized spacial score (nSPS) is 26.5. The standard InChI is InChI=1S/C11H24BFN4O6S/c13-4-9(14)5-16-24(22,23)17-6-8(2-1-3-12(20)21)11(15,7-17)10(18)19/h8-9,16,20-21H,1-7,14-15H2,(H,18,19)/t8-,9+,11-/m0/s1. The van der Waals surface area contributed by atoms with Crippen molar-refractivity contribution in [3.8, 4) is 0 Å². The quantitative estimate of drug-likeness (QED) is 0.221. The summed E-state index contributed by atoms with van der Waals surface area (Å²) in [5.41, 5.74) is 9.42. The fraction of sp³-hybridized carbons (Fsp3) is 0.909. The number of nitrogens with two attached hydrogens (primary N) is 2. The van der Waals surface area contributed by atoms with Gasteiger partial charge < -0.3 is 26.6 Å². The van der Waals surface area contributed by atoms with Gasteiger partial charge >= 0.3 is 13.1 Å². The van der Waals surface area contributed by atoms with E-state index in [1.807, 2.05) is 0 Å². The number of rotatable bonds is 10. The second-order valence-corrected chi connectivity index (χ2v) is 7.77. The minimum Gasteiger partial charge on any atom is -0.480 e. The Bertz CT molecular complexity index is 539. The molecule has 0 aromatic heterocycles. The number of halogens is 1. The number of hydrogen-bond donors (Lipinski definition) is 6. The van der Waals surface area contributed by atoms with Crippen molar-refractivity contribution in [1.29, 1.82) is 0 Å². The van der Waals surface area contributed by atoms with Crippen LogP contribution in [0, 0.1) is 5.92 Å². The molecule has 1 fully saturated rings. The summed E-state index contributed by atoms with van der Waals surface area (Å²) in [7, 11) is -5.57. The average molecular weight is 370 g/mol. The van der Waals surface area contributed by atoms with Crippen LogP contribution in [0.4, 0.5) is 4.39 Å². The van der Waals surface area contributed by atoms with Gasteiger partial charge in [-0.05, 0) is 12.7 Å². The monoisotopic (exact) mass is 370 g/mol. The number of carbonyl (C=O) groups is 1. The molecule has 0 aliphatic carbocycles. The molecule has 1 aliphatic heterocycles. The van der Waals surface area contributed by atoms with Gasteiger partial charge in [-0.25, -0.2) is 9.11 Å². The molecule has 1 aliphatic rings. The summed E-state index contributed by atoms with van der Waals surface area (Å²) in [4.78, 5) is 11.5. The molecule has 13 heteroatoms. The molecule has 0 unspecified atom stereocenters. The summed E-state index contributed by atoms with van der Waals surface area (Å²) in [5.74, 6) is -2.03. The fourth-order valence-electron chi connectivity index (χ4n) is 2.57. The van der Waals surface area contributed by atoms with E-state index in [0.717, 1.165) is 4.31 Å². The Balaban J connectivity index is 2.80. The Morgan fingerprint density at radius 3 is 2.62 bits per heavy atom. The zero-order valence-electron chi connectivity index (χ0n) is 13.1. The molecule has 140 valence electrons. The molecule has 24 heavy (non-hydrogen) atoms. The smallest absolute Gasteiger partial charge is 0.451 e. The van der Waals surface area contributed by atoms with Crippen molar-refractivity contribution < 1.29 is 32.8 Å². The van der Waals surface area contributed by atoms with Crippen LogP contribution in [-0.2, 0) is 15.0 Å². The molecule has 1 heterocycles. The second-order valence-electron chi connectivity index (χ2n) is 6.01. The highest BCUT2D eigenvalue weighted by atomic mass is 32.2. The van der Waals surface area contributed by atoms with Crippen molar-refractivity contribution in [2.24, 2.45) is 17.4 Å². The molecule has 0 aromatic rings. The molecule has 10 nitrogen and oxygen atoms in total. The van der Waals surface area contributed by atoms with Crippen LogP contribution in [0.1, 0.15) is 12.8 Å². The van der Waals surface area contributed by atoms with E-state index in [9.17, 15) is 22.7 Å². The van der Waals surface area contributed by atoms with E-state index in [4.69, 9.17) is 21.5 Å². The number of carboxylic acids is 1. The predicted molar refractivity (Wildman–Crippen MR) is 84.7 cm³/mol. The van der Waals surface area contributed by atoms with E-state index in [1.54, 1.807) is 0 Å². The average Bonchev–Trinajstić information content (AvgIpc) is 2.84. The topological polar surface area (TPSA) is 179 Å². The van der Waals surface area contributed by atoms with Gasteiger partial charge in [-0.2, -0.15) is 12.7 Å². The summed E-state index contributed by atoms with van der Waals surface area (Å²) in [6.45, 7) is -1.79. The second kappa shape index (κ2) is 8.51. The van der Waals surface area contributed by atoms with Crippen LogP contribution in [0.2, 0.25) is 6.32 Å². The Kier molecular flexibility index (Phi) is 7.53. The lowest BCUT2D eigenvalue weighted by molar-refractivity contribution is -0.144. The third-order valence-corrected chi connectivity index (χ3v) is 5.56. The van der Waals surface area contributed by atoms with E-state index in [0.29, 0.717) is 0 Å². The molecule has 1 rings (SSSR count). The first-order valence-electron chi connectivity index (χ1n) is 7.47. The zero-order chi connectivity index (χ0) is 18.5. The van der Waals surface area contributed by atoms with Crippen molar-refractivity contribution in [1.82, 2.24) is 9.03 Å². The summed E-state index contributed by atoms with van der Waals surface area (Å²) in [6, 6.07) is -0.994. The number of nitrogens with zero attached hydrogens (tertiary/aromatic N) is 1. The first kappa shape index (κ1) is 21.2. The molecule has 1 saturated heterocycles. The van der Waals surface area contributed by atoms with Crippen LogP contribution in [0.15, 0.2) is 0 Å². The molecule has 0 bridgehead atoms. The number of nitrogens with one attached hydrogen (secondary N) is 1. The number of carboxylic acid groups (broad SMARTS) is 1. The van der Waals surface area contributed by atoms with E-state index in [1.165, 1.54) is 0 Å². The van der Waals surface area contributed by atoms with Crippen LogP contribution < -0.4 is 16.2 Å². The van der Waals surface area contributed by atoms with Gasteiger partial charge in [-0.15, -0.1) is 0 Å². The van der Waals surface area contributed by atoms with Crippen molar-refractivity contribution in [2.75, 3.05) is 26.3 Å². The number of hydrogen-bond acceptors (Lipinski definition) is 7. The highest BCUT2D eigenvalue weighted by Gasteiger charge is 2.52. The molecule has 3 atom stereocenters. The lowest BCUT2D eigenvalue weighted by atomic mass is 9.78. The van der Waals surface area contributed by atoms with E-state index >= 15 is 0 Å². The van der Waals surface area contributed by atoms with Crippen molar-refractivity contribution >= 4 is 23.3 Å². The molecular weight excluding hydrogens is 346 g/mol. The van der Waals surface area contributed by atoms with Gasteiger partial charge in [0.2, 0.25) is 0 Å². The van der Waals surface area contributed by atoms with Gasteiger partial charge in [-0.1, -0.05) is 6.42 Å². The number of aliphatic carboxylic acids is 1. The lowest BCUT2D eigenvalue weighted by Gasteiger charge is -2.25. The van der Waals surface area contributed by atoms with Crippen molar-refractivity contribution in [2.45, 2.75) is 30.7 Å². The largest absolute Gasteiger partial charge is 0.480 e. The third kappa shape index (κ3) is 5.34. The minimum absolute atomic E-state index is 0.0303. The van der Waals surface area contributed by atoms with Crippen LogP contribution in [-0.4, -0.2) is 78.9 Å². The van der Waals surface area contributed by atoms with Crippen LogP contribution in [0.5, 0.6) is 0 Å². The lowest BCUT2D eigenvalue weighted by Crippen LogP contribution is -2.55. The maximum Gasteiger partial charge on any atom is 0.451 e. The summed E-state index contributed by atoms with van der Waals surface area (Å²) < 4.78 is 39.7. The Morgan fingerprint density at radius 1 is 1.50 bits per heavy atom. The molecule has 8 N–H and O–H groups in total. The van der Waals surface area contributed by atoms with Gasteiger partial charge in [0.25, 0.3) is 10.2 Å². The number of alkyl halides is 1. The first-order valence-corrected chi connectivity index (χ1v) is 8.91. The van der Waals surface area contributed by atoms with Crippen molar-refractivity contribution in [3.63, 3.8) is 0 Å². The summed E-state index contributed by atoms with van der Waals surface area (Å²) in [5, 5.41) is 27.0. The fourth-order valence-corrected chi connectivity index (χ4v) is 3.94. The highest BCUT2D eigenvalue weighted by Crippen LogP contribution is 2.31. The minimum atomic E-state index is -4.05. The Labute approximate surface area is 140 Å². The molecule has 0 radical (unpaired) electrons. The highest BCUT2D eigenvalue weighted by molar-refractivity contribution is 7.87. The maximum atomic E-state index is 12.3. The van der Waals surface area contributed by atoms with Gasteiger partial charge in [0.15, 0.2) is 0 Å². The van der Waals surface area contributed by atoms with Crippen molar-refractivity contribution in [3.05, 3.63) is 0 Å². The zero-order valence-corrected chi connectivity index (χ0v) is 14.0. The van der Waals surface area contributed by atoms with Gasteiger partial charge in [-0.3, -0.25) is 4.79 Å². The third-order valence-electron chi connectivity index (χ3n) is 4.07. The first-order chi connectivity index (χ1) is 11.0. The van der Waals surface area contributed by atoms with Gasteiger partial charge in [0.05, 0.1) is 0 Å². The van der Waals surface area contributed by atoms with E-state index in [2.05, 4.69) is 4.72 Å². The van der Waals surface area contributed by atoms with E-state index < -0.39 is 54.0 Å². The summed E-state index contributed by atoms with van der Waals surface area (Å²) >= 11 is 0. The molecule has 0 spiro atoms. The Morgan fingerprint density at radius 2 is 2.12 bits per heavy atom. The maximum absolute atomic E-state index is 12.3. The van der Waals surface area contributed by atoms with Crippen LogP contribution in [0.25, 0.3) is 0 Å². The molecule has 0 aromatic carbocycles. The van der Waals surface area contributed by atoms with Gasteiger partial charge in [0.1, 0.15) is 12.2 Å². The summed E-state index contributed by atoms with van der Waals surface area (Å²) in [6.07, 6.45) is 0.529. The van der Waals surface area contributed by atoms with Crippen LogP contribution >= 0.6 is 0 Å². The Hall–Kier alpha value is -0.825. The molecule has 0 saturated carbocycles. The van der Waals surface area contributed by atoms with Crippen LogP contribution in [0.3, 0.4) is 0 Å². The molecule has 0 amide bonds. The van der Waals surface area contributed by atoms with Gasteiger partial charge in [0, 0.05) is 31.6 Å².